The minimum atomic E-state index is -0.363. The molecule has 1 saturated heterocycles. The molecule has 2 aliphatic rings. The lowest BCUT2D eigenvalue weighted by Crippen LogP contribution is -2.34. The first-order valence-electron chi connectivity index (χ1n) is 8.09. The predicted molar refractivity (Wildman–Crippen MR) is 88.2 cm³/mol. The van der Waals surface area contributed by atoms with E-state index in [1.165, 1.54) is 0 Å². The van der Waals surface area contributed by atoms with E-state index in [1.54, 1.807) is 41.3 Å². The van der Waals surface area contributed by atoms with Gasteiger partial charge in [-0.2, -0.15) is 0 Å². The second-order valence-electron chi connectivity index (χ2n) is 6.22. The Kier molecular flexibility index (Phi) is 3.83. The van der Waals surface area contributed by atoms with E-state index >= 15 is 0 Å². The number of anilines is 1. The third-order valence-electron chi connectivity index (χ3n) is 4.49. The molecule has 1 aromatic carbocycles. The first-order chi connectivity index (χ1) is 12.1. The van der Waals surface area contributed by atoms with Gasteiger partial charge >= 0.3 is 0 Å². The van der Waals surface area contributed by atoms with Crippen molar-refractivity contribution in [2.45, 2.75) is 13.0 Å². The van der Waals surface area contributed by atoms with E-state index in [0.29, 0.717) is 30.3 Å². The molecule has 2 aromatic rings. The number of fused-ring (bicyclic) bond motifs is 1. The highest BCUT2D eigenvalue weighted by Crippen LogP contribution is 2.37. The molecular weight excluding hydrogens is 324 g/mol. The Hall–Kier alpha value is -2.96. The van der Waals surface area contributed by atoms with Crippen LogP contribution in [0, 0.1) is 5.92 Å². The molecule has 0 N–H and O–H groups in total. The third kappa shape index (κ3) is 2.93. The number of ether oxygens (including phenoxy) is 2. The summed E-state index contributed by atoms with van der Waals surface area (Å²) in [6.45, 7) is 0.936. The second kappa shape index (κ2) is 6.16. The summed E-state index contributed by atoms with van der Waals surface area (Å²) in [7, 11) is 1.72. The van der Waals surface area contributed by atoms with Gasteiger partial charge in [0.1, 0.15) is 5.76 Å². The van der Waals surface area contributed by atoms with E-state index < -0.39 is 0 Å². The van der Waals surface area contributed by atoms with Crippen molar-refractivity contribution in [1.29, 1.82) is 0 Å². The number of rotatable bonds is 4. The molecule has 0 radical (unpaired) electrons. The molecule has 0 bridgehead atoms. The Morgan fingerprint density at radius 2 is 2.12 bits per heavy atom. The fourth-order valence-corrected chi connectivity index (χ4v) is 3.20. The molecule has 3 heterocycles. The van der Waals surface area contributed by atoms with Gasteiger partial charge in [0.2, 0.25) is 18.6 Å². The predicted octanol–water partition coefficient (Wildman–Crippen LogP) is 2.02. The molecule has 2 aliphatic heterocycles. The molecule has 7 heteroatoms. The van der Waals surface area contributed by atoms with E-state index in [1.807, 2.05) is 12.1 Å². The lowest BCUT2D eigenvalue weighted by atomic mass is 10.1. The zero-order valence-corrected chi connectivity index (χ0v) is 13.8. The van der Waals surface area contributed by atoms with Crippen LogP contribution < -0.4 is 14.4 Å². The summed E-state index contributed by atoms with van der Waals surface area (Å²) in [5.41, 5.74) is 0.721. The highest BCUT2D eigenvalue weighted by molar-refractivity contribution is 6.00. The van der Waals surface area contributed by atoms with E-state index in [9.17, 15) is 9.59 Å². The summed E-state index contributed by atoms with van der Waals surface area (Å²) in [5, 5.41) is 0. The molecule has 0 aliphatic carbocycles. The summed E-state index contributed by atoms with van der Waals surface area (Å²) in [5.74, 6) is 1.51. The number of carbonyl (C=O) groups excluding carboxylic acids is 2. The Labute approximate surface area is 144 Å². The maximum atomic E-state index is 12.6. The minimum Gasteiger partial charge on any atom is -0.467 e. The highest BCUT2D eigenvalue weighted by Gasteiger charge is 2.37. The summed E-state index contributed by atoms with van der Waals surface area (Å²) in [4.78, 5) is 28.3. The van der Waals surface area contributed by atoms with Crippen molar-refractivity contribution in [1.82, 2.24) is 4.90 Å². The molecule has 25 heavy (non-hydrogen) atoms. The number of carbonyl (C=O) groups is 2. The lowest BCUT2D eigenvalue weighted by Gasteiger charge is -2.20. The van der Waals surface area contributed by atoms with E-state index in [2.05, 4.69) is 0 Å². The van der Waals surface area contributed by atoms with Crippen LogP contribution >= 0.6 is 0 Å². The van der Waals surface area contributed by atoms with Crippen molar-refractivity contribution in [2.75, 3.05) is 25.3 Å². The third-order valence-corrected chi connectivity index (χ3v) is 4.49. The topological polar surface area (TPSA) is 72.2 Å². The first-order valence-corrected chi connectivity index (χ1v) is 8.09. The van der Waals surface area contributed by atoms with Gasteiger partial charge < -0.3 is 23.7 Å². The maximum absolute atomic E-state index is 12.6. The monoisotopic (exact) mass is 342 g/mol. The van der Waals surface area contributed by atoms with E-state index in [0.717, 1.165) is 5.69 Å². The fourth-order valence-electron chi connectivity index (χ4n) is 3.20. The van der Waals surface area contributed by atoms with Gasteiger partial charge in [0.25, 0.3) is 0 Å². The summed E-state index contributed by atoms with van der Waals surface area (Å²) < 4.78 is 15.9. The van der Waals surface area contributed by atoms with Crippen LogP contribution in [0.3, 0.4) is 0 Å². The van der Waals surface area contributed by atoms with Crippen LogP contribution in [0.5, 0.6) is 11.5 Å². The molecule has 1 fully saturated rings. The Balaban J connectivity index is 1.45. The number of amides is 2. The van der Waals surface area contributed by atoms with Crippen molar-refractivity contribution in [3.05, 3.63) is 42.4 Å². The Morgan fingerprint density at radius 3 is 2.92 bits per heavy atom. The van der Waals surface area contributed by atoms with Crippen LogP contribution in [-0.2, 0) is 16.1 Å². The zero-order chi connectivity index (χ0) is 17.4. The Bertz CT molecular complexity index is 802. The van der Waals surface area contributed by atoms with Gasteiger partial charge in [-0.1, -0.05) is 0 Å². The van der Waals surface area contributed by atoms with Crippen molar-refractivity contribution >= 4 is 17.5 Å². The van der Waals surface area contributed by atoms with Crippen LogP contribution in [0.1, 0.15) is 12.2 Å². The standard InChI is InChI=1S/C18H18N2O5/c1-19(10-14-3-2-6-23-14)18(22)12-7-17(21)20(9-12)13-4-5-15-16(8-13)25-11-24-15/h2-6,8,12H,7,9-11H2,1H3/t12-/m0/s1. The number of benzene rings is 1. The molecule has 1 atom stereocenters. The second-order valence-corrected chi connectivity index (χ2v) is 6.22. The largest absolute Gasteiger partial charge is 0.467 e. The number of furan rings is 1. The Morgan fingerprint density at radius 1 is 1.28 bits per heavy atom. The molecule has 4 rings (SSSR count). The molecule has 1 aromatic heterocycles. The minimum absolute atomic E-state index is 0.0620. The summed E-state index contributed by atoms with van der Waals surface area (Å²) in [6, 6.07) is 8.98. The average Bonchev–Trinajstić information content (AvgIpc) is 3.33. The molecule has 0 spiro atoms. The average molecular weight is 342 g/mol. The van der Waals surface area contributed by atoms with Crippen molar-refractivity contribution in [2.24, 2.45) is 5.92 Å². The normalized spacial score (nSPS) is 18.7. The van der Waals surface area contributed by atoms with Crippen LogP contribution in [0.15, 0.2) is 41.0 Å². The fraction of sp³-hybridized carbons (Fsp3) is 0.333. The molecule has 130 valence electrons. The van der Waals surface area contributed by atoms with E-state index in [4.69, 9.17) is 13.9 Å². The summed E-state index contributed by atoms with van der Waals surface area (Å²) >= 11 is 0. The number of nitrogens with zero attached hydrogens (tertiary/aromatic N) is 2. The van der Waals surface area contributed by atoms with Gasteiger partial charge in [0.05, 0.1) is 18.7 Å². The zero-order valence-electron chi connectivity index (χ0n) is 13.8. The molecule has 0 saturated carbocycles. The lowest BCUT2D eigenvalue weighted by molar-refractivity contribution is -0.135. The highest BCUT2D eigenvalue weighted by atomic mass is 16.7. The maximum Gasteiger partial charge on any atom is 0.231 e. The van der Waals surface area contributed by atoms with Gasteiger partial charge in [-0.25, -0.2) is 0 Å². The number of hydrogen-bond donors (Lipinski definition) is 0. The van der Waals surface area contributed by atoms with Crippen molar-refractivity contribution < 1.29 is 23.5 Å². The first kappa shape index (κ1) is 15.6. The van der Waals surface area contributed by atoms with Crippen LogP contribution in [0.25, 0.3) is 0 Å². The van der Waals surface area contributed by atoms with Crippen LogP contribution in [0.4, 0.5) is 5.69 Å². The van der Waals surface area contributed by atoms with Crippen LogP contribution in [-0.4, -0.2) is 37.1 Å². The van der Waals surface area contributed by atoms with Crippen molar-refractivity contribution in [3.63, 3.8) is 0 Å². The van der Waals surface area contributed by atoms with Gasteiger partial charge in [0.15, 0.2) is 11.5 Å². The molecule has 2 amide bonds. The smallest absolute Gasteiger partial charge is 0.231 e. The molecule has 0 unspecified atom stereocenters. The van der Waals surface area contributed by atoms with Gasteiger partial charge in [-0.05, 0) is 24.3 Å². The number of hydrogen-bond acceptors (Lipinski definition) is 5. The molecule has 7 nitrogen and oxygen atoms in total. The van der Waals surface area contributed by atoms with Crippen LogP contribution in [0.2, 0.25) is 0 Å². The summed E-state index contributed by atoms with van der Waals surface area (Å²) in [6.07, 6.45) is 1.78. The van der Waals surface area contributed by atoms with Crippen molar-refractivity contribution in [3.8, 4) is 11.5 Å². The molecular formula is C18H18N2O5. The van der Waals surface area contributed by atoms with Gasteiger partial charge in [-0.15, -0.1) is 0 Å². The van der Waals surface area contributed by atoms with Gasteiger partial charge in [0, 0.05) is 31.8 Å². The van der Waals surface area contributed by atoms with Gasteiger partial charge in [-0.3, -0.25) is 9.59 Å². The SMILES string of the molecule is CN(Cc1ccco1)C(=O)[C@H]1CC(=O)N(c2ccc3c(c2)OCO3)C1. The van der Waals surface area contributed by atoms with E-state index in [-0.39, 0.29) is 30.9 Å². The quantitative estimate of drug-likeness (QED) is 0.850.